The normalized spacial score (nSPS) is 25.0. The van der Waals surface area contributed by atoms with Gasteiger partial charge < -0.3 is 0 Å². The molecule has 1 unspecified atom stereocenters. The summed E-state index contributed by atoms with van der Waals surface area (Å²) in [5, 5.41) is 4.44. The number of nitrogens with zero attached hydrogens (tertiary/aromatic N) is 2. The van der Waals surface area contributed by atoms with Crippen molar-refractivity contribution in [3.05, 3.63) is 18.0 Å². The molecule has 1 heterocycles. The molecule has 4 nitrogen and oxygen atoms in total. The van der Waals surface area contributed by atoms with Crippen molar-refractivity contribution in [1.29, 1.82) is 0 Å². The summed E-state index contributed by atoms with van der Waals surface area (Å²) in [6, 6.07) is 2.36. The van der Waals surface area contributed by atoms with Crippen LogP contribution in [-0.4, -0.2) is 9.78 Å². The molecule has 120 valence electrons. The Balaban J connectivity index is 2.04. The maximum Gasteiger partial charge on any atom is 0.0657 e. The van der Waals surface area contributed by atoms with Gasteiger partial charge in [-0.15, -0.1) is 0 Å². The second-order valence-electron chi connectivity index (χ2n) is 7.60. The van der Waals surface area contributed by atoms with Gasteiger partial charge in [0.1, 0.15) is 0 Å². The van der Waals surface area contributed by atoms with Gasteiger partial charge in [-0.25, -0.2) is 0 Å². The third-order valence-corrected chi connectivity index (χ3v) is 5.15. The van der Waals surface area contributed by atoms with E-state index in [1.54, 1.807) is 0 Å². The Bertz CT molecular complexity index is 424. The summed E-state index contributed by atoms with van der Waals surface area (Å²) in [6.07, 6.45) is 8.14. The van der Waals surface area contributed by atoms with Crippen LogP contribution in [0.1, 0.15) is 71.5 Å². The number of hydrazine groups is 1. The Morgan fingerprint density at radius 3 is 2.52 bits per heavy atom. The van der Waals surface area contributed by atoms with Gasteiger partial charge in [-0.05, 0) is 55.4 Å². The molecule has 1 saturated carbocycles. The Morgan fingerprint density at radius 2 is 2.00 bits per heavy atom. The Kier molecular flexibility index (Phi) is 5.44. The topological polar surface area (TPSA) is 55.9 Å². The first kappa shape index (κ1) is 16.5. The zero-order valence-corrected chi connectivity index (χ0v) is 14.1. The average molecular weight is 292 g/mol. The fourth-order valence-electron chi connectivity index (χ4n) is 3.79. The lowest BCUT2D eigenvalue weighted by Crippen LogP contribution is -2.38. The lowest BCUT2D eigenvalue weighted by molar-refractivity contribution is 0.130. The lowest BCUT2D eigenvalue weighted by atomic mass is 9.68. The number of hydrogen-bond acceptors (Lipinski definition) is 3. The SMILES string of the molecule is CCCn1nccc1C(NN)C1CCC(C(C)(C)C)CC1. The van der Waals surface area contributed by atoms with Crippen LogP contribution in [0.3, 0.4) is 0 Å². The van der Waals surface area contributed by atoms with Crippen LogP contribution in [0, 0.1) is 17.3 Å². The number of aromatic nitrogens is 2. The van der Waals surface area contributed by atoms with E-state index in [0.717, 1.165) is 18.9 Å². The fourth-order valence-corrected chi connectivity index (χ4v) is 3.79. The highest BCUT2D eigenvalue weighted by molar-refractivity contribution is 5.09. The van der Waals surface area contributed by atoms with E-state index in [1.807, 2.05) is 6.20 Å². The summed E-state index contributed by atoms with van der Waals surface area (Å²) >= 11 is 0. The number of hydrogen-bond donors (Lipinski definition) is 2. The van der Waals surface area contributed by atoms with E-state index in [1.165, 1.54) is 31.4 Å². The summed E-state index contributed by atoms with van der Waals surface area (Å²) in [6.45, 7) is 10.3. The number of nitrogens with one attached hydrogen (secondary N) is 1. The van der Waals surface area contributed by atoms with E-state index >= 15 is 0 Å². The molecule has 1 fully saturated rings. The van der Waals surface area contributed by atoms with Gasteiger partial charge in [-0.2, -0.15) is 5.10 Å². The predicted octanol–water partition coefficient (Wildman–Crippen LogP) is 3.65. The molecule has 0 saturated heterocycles. The van der Waals surface area contributed by atoms with E-state index in [0.29, 0.717) is 11.3 Å². The van der Waals surface area contributed by atoms with E-state index in [-0.39, 0.29) is 6.04 Å². The lowest BCUT2D eigenvalue weighted by Gasteiger charge is -2.39. The minimum atomic E-state index is 0.236. The van der Waals surface area contributed by atoms with E-state index in [9.17, 15) is 0 Å². The number of nitrogens with two attached hydrogens (primary N) is 1. The second-order valence-corrected chi connectivity index (χ2v) is 7.60. The molecule has 0 bridgehead atoms. The molecule has 0 aromatic carbocycles. The van der Waals surface area contributed by atoms with Gasteiger partial charge >= 0.3 is 0 Å². The monoisotopic (exact) mass is 292 g/mol. The van der Waals surface area contributed by atoms with E-state index in [2.05, 4.69) is 49.0 Å². The quantitative estimate of drug-likeness (QED) is 0.643. The predicted molar refractivity (Wildman–Crippen MR) is 87.5 cm³/mol. The first-order chi connectivity index (χ1) is 9.97. The standard InChI is InChI=1S/C17H32N4/c1-5-12-21-15(10-11-19-21)16(20-18)13-6-8-14(9-7-13)17(2,3)4/h10-11,13-14,16,20H,5-9,12,18H2,1-4H3. The highest BCUT2D eigenvalue weighted by Crippen LogP contribution is 2.43. The Hall–Kier alpha value is -0.870. The number of rotatable bonds is 5. The highest BCUT2D eigenvalue weighted by atomic mass is 15.3. The van der Waals surface area contributed by atoms with Crippen LogP contribution in [0.2, 0.25) is 0 Å². The Morgan fingerprint density at radius 1 is 1.33 bits per heavy atom. The summed E-state index contributed by atoms with van der Waals surface area (Å²) in [7, 11) is 0. The molecule has 1 aliphatic rings. The van der Waals surface area contributed by atoms with Crippen LogP contribution in [-0.2, 0) is 6.54 Å². The molecule has 0 spiro atoms. The number of aryl methyl sites for hydroxylation is 1. The van der Waals surface area contributed by atoms with Crippen molar-refractivity contribution in [2.24, 2.45) is 23.1 Å². The first-order valence-electron chi connectivity index (χ1n) is 8.45. The summed E-state index contributed by atoms with van der Waals surface area (Å²) < 4.78 is 2.11. The molecule has 0 radical (unpaired) electrons. The minimum Gasteiger partial charge on any atom is -0.271 e. The van der Waals surface area contributed by atoms with Crippen molar-refractivity contribution in [3.63, 3.8) is 0 Å². The van der Waals surface area contributed by atoms with Gasteiger partial charge in [-0.3, -0.25) is 16.0 Å². The van der Waals surface area contributed by atoms with Crippen LogP contribution < -0.4 is 11.3 Å². The maximum absolute atomic E-state index is 5.89. The first-order valence-corrected chi connectivity index (χ1v) is 8.45. The molecule has 1 aromatic rings. The molecule has 1 atom stereocenters. The zero-order chi connectivity index (χ0) is 15.5. The van der Waals surface area contributed by atoms with Crippen molar-refractivity contribution in [2.75, 3.05) is 0 Å². The van der Waals surface area contributed by atoms with Gasteiger partial charge in [-0.1, -0.05) is 27.7 Å². The highest BCUT2D eigenvalue weighted by Gasteiger charge is 2.34. The van der Waals surface area contributed by atoms with Crippen LogP contribution >= 0.6 is 0 Å². The molecule has 0 amide bonds. The van der Waals surface area contributed by atoms with Crippen molar-refractivity contribution in [2.45, 2.75) is 72.4 Å². The van der Waals surface area contributed by atoms with Gasteiger partial charge in [0.25, 0.3) is 0 Å². The molecular weight excluding hydrogens is 260 g/mol. The minimum absolute atomic E-state index is 0.236. The Labute approximate surface area is 129 Å². The van der Waals surface area contributed by atoms with Crippen LogP contribution in [0.15, 0.2) is 12.3 Å². The van der Waals surface area contributed by atoms with E-state index in [4.69, 9.17) is 5.84 Å². The van der Waals surface area contributed by atoms with Gasteiger partial charge in [0.05, 0.1) is 11.7 Å². The van der Waals surface area contributed by atoms with Crippen molar-refractivity contribution < 1.29 is 0 Å². The maximum atomic E-state index is 5.89. The molecule has 21 heavy (non-hydrogen) atoms. The van der Waals surface area contributed by atoms with Crippen molar-refractivity contribution in [1.82, 2.24) is 15.2 Å². The fraction of sp³-hybridized carbons (Fsp3) is 0.824. The van der Waals surface area contributed by atoms with Crippen LogP contribution in [0.4, 0.5) is 0 Å². The van der Waals surface area contributed by atoms with E-state index < -0.39 is 0 Å². The molecule has 1 aromatic heterocycles. The third kappa shape index (κ3) is 3.86. The molecule has 4 heteroatoms. The third-order valence-electron chi connectivity index (χ3n) is 5.15. The molecule has 0 aliphatic heterocycles. The smallest absolute Gasteiger partial charge is 0.0657 e. The molecule has 2 rings (SSSR count). The average Bonchev–Trinajstić information content (AvgIpc) is 2.88. The summed E-state index contributed by atoms with van der Waals surface area (Å²) in [5.41, 5.74) is 4.75. The van der Waals surface area contributed by atoms with Crippen molar-refractivity contribution in [3.8, 4) is 0 Å². The summed E-state index contributed by atoms with van der Waals surface area (Å²) in [5.74, 6) is 7.36. The molecule has 1 aliphatic carbocycles. The van der Waals surface area contributed by atoms with Crippen LogP contribution in [0.25, 0.3) is 0 Å². The molecular formula is C17H32N4. The van der Waals surface area contributed by atoms with Crippen molar-refractivity contribution >= 4 is 0 Å². The summed E-state index contributed by atoms with van der Waals surface area (Å²) in [4.78, 5) is 0. The van der Waals surface area contributed by atoms with Crippen LogP contribution in [0.5, 0.6) is 0 Å². The van der Waals surface area contributed by atoms with Gasteiger partial charge in [0, 0.05) is 12.7 Å². The largest absolute Gasteiger partial charge is 0.271 e. The van der Waals surface area contributed by atoms with Gasteiger partial charge in [0.15, 0.2) is 0 Å². The van der Waals surface area contributed by atoms with Gasteiger partial charge in [0.2, 0.25) is 0 Å². The zero-order valence-electron chi connectivity index (χ0n) is 14.1. The molecule has 3 N–H and O–H groups in total. The second kappa shape index (κ2) is 6.93.